The maximum absolute atomic E-state index is 5.80. The third-order valence-electron chi connectivity index (χ3n) is 3.94. The molecule has 1 aromatic rings. The number of ether oxygens (including phenoxy) is 1. The van der Waals surface area contributed by atoms with Gasteiger partial charge in [0, 0.05) is 12.6 Å². The Kier molecular flexibility index (Phi) is 6.45. The van der Waals surface area contributed by atoms with E-state index in [1.165, 1.54) is 39.2 Å². The van der Waals surface area contributed by atoms with Crippen LogP contribution in [0, 0.1) is 0 Å². The number of nitrogens with one attached hydrogen (secondary N) is 1. The summed E-state index contributed by atoms with van der Waals surface area (Å²) in [6.45, 7) is 1.88. The number of halogens is 1. The van der Waals surface area contributed by atoms with Crippen LogP contribution in [0.15, 0.2) is 0 Å². The number of rotatable bonds is 7. The molecule has 0 saturated heterocycles. The standard InChI is InChI=1S/C14H24ClN5O/c1-20(11-7-4-3-5-8-11)10-6-9-16-13-17-12(15)18-14(19-13)21-2/h11H,3-10H2,1-2H3,(H,16,17,18,19). The Labute approximate surface area is 131 Å². The molecule has 0 amide bonds. The van der Waals surface area contributed by atoms with Crippen molar-refractivity contribution in [3.63, 3.8) is 0 Å². The highest BCUT2D eigenvalue weighted by Gasteiger charge is 2.17. The molecule has 1 saturated carbocycles. The lowest BCUT2D eigenvalue weighted by molar-refractivity contribution is 0.191. The lowest BCUT2D eigenvalue weighted by Crippen LogP contribution is -2.34. The molecule has 1 aliphatic rings. The lowest BCUT2D eigenvalue weighted by Gasteiger charge is -2.31. The summed E-state index contributed by atoms with van der Waals surface area (Å²) in [7, 11) is 3.73. The van der Waals surface area contributed by atoms with Crippen LogP contribution in [0.25, 0.3) is 0 Å². The van der Waals surface area contributed by atoms with Gasteiger partial charge in [-0.1, -0.05) is 19.3 Å². The summed E-state index contributed by atoms with van der Waals surface area (Å²) in [5.41, 5.74) is 0. The summed E-state index contributed by atoms with van der Waals surface area (Å²) in [5.74, 6) is 0.465. The quantitative estimate of drug-likeness (QED) is 0.781. The fourth-order valence-electron chi connectivity index (χ4n) is 2.74. The molecule has 0 aromatic carbocycles. The Bertz CT molecular complexity index is 439. The number of aromatic nitrogens is 3. The Balaban J connectivity index is 1.70. The molecule has 1 fully saturated rings. The maximum Gasteiger partial charge on any atom is 0.322 e. The molecule has 0 radical (unpaired) electrons. The molecule has 0 spiro atoms. The van der Waals surface area contributed by atoms with Crippen molar-refractivity contribution in [1.29, 1.82) is 0 Å². The highest BCUT2D eigenvalue weighted by atomic mass is 35.5. The number of nitrogens with zero attached hydrogens (tertiary/aromatic N) is 4. The van der Waals surface area contributed by atoms with Crippen molar-refractivity contribution >= 4 is 17.5 Å². The second-order valence-corrected chi connectivity index (χ2v) is 5.81. The average molecular weight is 314 g/mol. The van der Waals surface area contributed by atoms with Gasteiger partial charge >= 0.3 is 6.01 Å². The first-order valence-electron chi connectivity index (χ1n) is 7.58. The molecular formula is C14H24ClN5O. The van der Waals surface area contributed by atoms with Gasteiger partial charge in [0.05, 0.1) is 7.11 Å². The van der Waals surface area contributed by atoms with Crippen molar-refractivity contribution < 1.29 is 4.74 Å². The lowest BCUT2D eigenvalue weighted by atomic mass is 9.94. The molecular weight excluding hydrogens is 290 g/mol. The monoisotopic (exact) mass is 313 g/mol. The Morgan fingerprint density at radius 2 is 2.00 bits per heavy atom. The summed E-state index contributed by atoms with van der Waals surface area (Å²) in [6, 6.07) is 0.988. The molecule has 1 heterocycles. The number of methoxy groups -OCH3 is 1. The van der Waals surface area contributed by atoms with Crippen molar-refractivity contribution in [3.05, 3.63) is 5.28 Å². The zero-order valence-corrected chi connectivity index (χ0v) is 13.6. The molecule has 0 unspecified atom stereocenters. The van der Waals surface area contributed by atoms with Crippen LogP contribution in [0.2, 0.25) is 5.28 Å². The largest absolute Gasteiger partial charge is 0.467 e. The second kappa shape index (κ2) is 8.34. The number of hydrogen-bond acceptors (Lipinski definition) is 6. The Hall–Kier alpha value is -1.14. The van der Waals surface area contributed by atoms with Gasteiger partial charge in [-0.3, -0.25) is 0 Å². The molecule has 0 atom stereocenters. The Morgan fingerprint density at radius 3 is 2.71 bits per heavy atom. The maximum atomic E-state index is 5.80. The predicted molar refractivity (Wildman–Crippen MR) is 84.0 cm³/mol. The van der Waals surface area contributed by atoms with Crippen LogP contribution >= 0.6 is 11.6 Å². The van der Waals surface area contributed by atoms with Gasteiger partial charge in [-0.25, -0.2) is 0 Å². The smallest absolute Gasteiger partial charge is 0.322 e. The van der Waals surface area contributed by atoms with Gasteiger partial charge in [0.15, 0.2) is 0 Å². The van der Waals surface area contributed by atoms with E-state index in [-0.39, 0.29) is 11.3 Å². The molecule has 0 bridgehead atoms. The average Bonchev–Trinajstić information content (AvgIpc) is 2.51. The first-order valence-corrected chi connectivity index (χ1v) is 7.96. The van der Waals surface area contributed by atoms with Gasteiger partial charge in [-0.2, -0.15) is 15.0 Å². The minimum absolute atomic E-state index is 0.142. The van der Waals surface area contributed by atoms with E-state index >= 15 is 0 Å². The predicted octanol–water partition coefficient (Wildman–Crippen LogP) is 2.60. The van der Waals surface area contributed by atoms with E-state index in [2.05, 4.69) is 32.2 Å². The fraction of sp³-hybridized carbons (Fsp3) is 0.786. The molecule has 118 valence electrons. The normalized spacial score (nSPS) is 16.2. The molecule has 7 heteroatoms. The molecule has 21 heavy (non-hydrogen) atoms. The van der Waals surface area contributed by atoms with Crippen LogP contribution in [0.4, 0.5) is 5.95 Å². The van der Waals surface area contributed by atoms with E-state index in [9.17, 15) is 0 Å². The SMILES string of the molecule is COc1nc(Cl)nc(NCCCN(C)C2CCCCC2)n1. The van der Waals surface area contributed by atoms with E-state index in [0.29, 0.717) is 5.95 Å². The third-order valence-corrected chi connectivity index (χ3v) is 4.11. The number of anilines is 1. The minimum atomic E-state index is 0.142. The zero-order chi connectivity index (χ0) is 15.1. The van der Waals surface area contributed by atoms with Crippen LogP contribution in [-0.2, 0) is 0 Å². The summed E-state index contributed by atoms with van der Waals surface area (Å²) in [6.07, 6.45) is 7.85. The molecule has 0 aliphatic heterocycles. The second-order valence-electron chi connectivity index (χ2n) is 5.47. The van der Waals surface area contributed by atoms with Crippen LogP contribution in [0.5, 0.6) is 6.01 Å². The third kappa shape index (κ3) is 5.28. The van der Waals surface area contributed by atoms with Crippen molar-refractivity contribution in [2.45, 2.75) is 44.6 Å². The van der Waals surface area contributed by atoms with Crippen LogP contribution in [0.1, 0.15) is 38.5 Å². The van der Waals surface area contributed by atoms with Crippen LogP contribution < -0.4 is 10.1 Å². The van der Waals surface area contributed by atoms with Crippen LogP contribution in [-0.4, -0.2) is 53.1 Å². The number of hydrogen-bond donors (Lipinski definition) is 1. The van der Waals surface area contributed by atoms with E-state index in [0.717, 1.165) is 25.6 Å². The van der Waals surface area contributed by atoms with Gasteiger partial charge in [-0.05, 0) is 44.5 Å². The zero-order valence-electron chi connectivity index (χ0n) is 12.8. The van der Waals surface area contributed by atoms with Crippen molar-refractivity contribution in [2.75, 3.05) is 32.6 Å². The minimum Gasteiger partial charge on any atom is -0.467 e. The van der Waals surface area contributed by atoms with E-state index < -0.39 is 0 Å². The fourth-order valence-corrected chi connectivity index (χ4v) is 2.89. The van der Waals surface area contributed by atoms with Crippen molar-refractivity contribution in [1.82, 2.24) is 19.9 Å². The first kappa shape index (κ1) is 16.2. The topological polar surface area (TPSA) is 63.2 Å². The highest BCUT2D eigenvalue weighted by Crippen LogP contribution is 2.21. The van der Waals surface area contributed by atoms with Gasteiger partial charge < -0.3 is 15.0 Å². The van der Waals surface area contributed by atoms with E-state index in [1.54, 1.807) is 0 Å². The first-order chi connectivity index (χ1) is 10.2. The van der Waals surface area contributed by atoms with Crippen LogP contribution in [0.3, 0.4) is 0 Å². The summed E-state index contributed by atoms with van der Waals surface area (Å²) in [5, 5.41) is 3.31. The van der Waals surface area contributed by atoms with E-state index in [1.807, 2.05) is 0 Å². The van der Waals surface area contributed by atoms with Crippen molar-refractivity contribution in [3.8, 4) is 6.01 Å². The van der Waals surface area contributed by atoms with E-state index in [4.69, 9.17) is 16.3 Å². The highest BCUT2D eigenvalue weighted by molar-refractivity contribution is 6.28. The molecule has 6 nitrogen and oxygen atoms in total. The van der Waals surface area contributed by atoms with Gasteiger partial charge in [0.1, 0.15) is 0 Å². The molecule has 1 N–H and O–H groups in total. The molecule has 1 aromatic heterocycles. The summed E-state index contributed by atoms with van der Waals surface area (Å²) in [4.78, 5) is 14.4. The summed E-state index contributed by atoms with van der Waals surface area (Å²) >= 11 is 5.80. The van der Waals surface area contributed by atoms with Gasteiger partial charge in [0.2, 0.25) is 11.2 Å². The molecule has 1 aliphatic carbocycles. The van der Waals surface area contributed by atoms with Crippen molar-refractivity contribution in [2.24, 2.45) is 0 Å². The summed E-state index contributed by atoms with van der Waals surface area (Å²) < 4.78 is 4.96. The van der Waals surface area contributed by atoms with Gasteiger partial charge in [0.25, 0.3) is 0 Å². The molecule has 2 rings (SSSR count). The van der Waals surface area contributed by atoms with Gasteiger partial charge in [-0.15, -0.1) is 0 Å². The Morgan fingerprint density at radius 1 is 1.24 bits per heavy atom.